The monoisotopic (exact) mass is 268 g/mol. The lowest BCUT2D eigenvalue weighted by Gasteiger charge is -2.26. The number of rotatable bonds is 5. The highest BCUT2D eigenvalue weighted by atomic mass is 32.1. The zero-order chi connectivity index (χ0) is 13.2. The zero-order valence-corrected chi connectivity index (χ0v) is 11.8. The molecule has 0 spiro atoms. The number of hydrogen-bond donors (Lipinski definition) is 1. The van der Waals surface area contributed by atoms with Crippen molar-refractivity contribution in [3.8, 4) is 0 Å². The van der Waals surface area contributed by atoms with Crippen LogP contribution in [0.4, 0.5) is 0 Å². The molecule has 100 valence electrons. The standard InChI is InChI=1S/C13H20N2O2S/c1-3-13(4-2)5-6-15(9-13)7-10-8-18-11(14-10)12(16)17/h8H,3-7,9H2,1-2H3,(H,16,17). The van der Waals surface area contributed by atoms with Gasteiger partial charge in [0.05, 0.1) is 5.69 Å². The predicted octanol–water partition coefficient (Wildman–Crippen LogP) is 2.85. The fourth-order valence-corrected chi connectivity index (χ4v) is 3.34. The molecule has 0 aliphatic carbocycles. The summed E-state index contributed by atoms with van der Waals surface area (Å²) in [5, 5.41) is 10.9. The number of likely N-dealkylation sites (tertiary alicyclic amines) is 1. The first kappa shape index (κ1) is 13.5. The van der Waals surface area contributed by atoms with Gasteiger partial charge in [0, 0.05) is 18.5 Å². The highest BCUT2D eigenvalue weighted by Gasteiger charge is 2.34. The Morgan fingerprint density at radius 2 is 2.28 bits per heavy atom. The van der Waals surface area contributed by atoms with E-state index < -0.39 is 5.97 Å². The second kappa shape index (κ2) is 5.36. The summed E-state index contributed by atoms with van der Waals surface area (Å²) >= 11 is 1.22. The van der Waals surface area contributed by atoms with E-state index in [0.717, 1.165) is 25.3 Å². The van der Waals surface area contributed by atoms with Crippen LogP contribution in [0.5, 0.6) is 0 Å². The number of carboxylic acid groups (broad SMARTS) is 1. The Bertz CT molecular complexity index is 426. The molecule has 0 bridgehead atoms. The summed E-state index contributed by atoms with van der Waals surface area (Å²) in [6, 6.07) is 0. The molecule has 18 heavy (non-hydrogen) atoms. The summed E-state index contributed by atoms with van der Waals surface area (Å²) in [6.07, 6.45) is 3.69. The molecule has 0 amide bonds. The molecule has 1 aromatic rings. The summed E-state index contributed by atoms with van der Waals surface area (Å²) in [5.41, 5.74) is 1.35. The predicted molar refractivity (Wildman–Crippen MR) is 72.0 cm³/mol. The first-order valence-corrected chi connectivity index (χ1v) is 7.36. The molecular formula is C13H20N2O2S. The van der Waals surface area contributed by atoms with Crippen LogP contribution >= 0.6 is 11.3 Å². The normalized spacial score (nSPS) is 19.2. The smallest absolute Gasteiger partial charge is 0.365 e. The average Bonchev–Trinajstić information content (AvgIpc) is 2.97. The number of carbonyl (C=O) groups is 1. The molecule has 4 nitrogen and oxygen atoms in total. The van der Waals surface area contributed by atoms with Crippen molar-refractivity contribution < 1.29 is 9.90 Å². The van der Waals surface area contributed by atoms with Gasteiger partial charge in [-0.05, 0) is 31.2 Å². The van der Waals surface area contributed by atoms with E-state index in [9.17, 15) is 4.79 Å². The summed E-state index contributed by atoms with van der Waals surface area (Å²) in [4.78, 5) is 17.3. The SMILES string of the molecule is CCC1(CC)CCN(Cc2csc(C(=O)O)n2)C1. The van der Waals surface area contributed by atoms with Crippen molar-refractivity contribution in [2.24, 2.45) is 5.41 Å². The number of aromatic carboxylic acids is 1. The Labute approximate surface area is 112 Å². The summed E-state index contributed by atoms with van der Waals surface area (Å²) in [5.74, 6) is -0.927. The molecule has 1 N–H and O–H groups in total. The number of aromatic nitrogens is 1. The fraction of sp³-hybridized carbons (Fsp3) is 0.692. The molecule has 1 aliphatic heterocycles. The third-order valence-electron chi connectivity index (χ3n) is 4.14. The third kappa shape index (κ3) is 2.72. The van der Waals surface area contributed by atoms with Crippen LogP contribution in [-0.2, 0) is 6.54 Å². The summed E-state index contributed by atoms with van der Waals surface area (Å²) in [7, 11) is 0. The summed E-state index contributed by atoms with van der Waals surface area (Å²) < 4.78 is 0. The van der Waals surface area contributed by atoms with Crippen molar-refractivity contribution >= 4 is 17.3 Å². The van der Waals surface area contributed by atoms with Gasteiger partial charge in [-0.3, -0.25) is 4.90 Å². The Morgan fingerprint density at radius 1 is 1.56 bits per heavy atom. The topological polar surface area (TPSA) is 53.4 Å². The molecular weight excluding hydrogens is 248 g/mol. The molecule has 5 heteroatoms. The quantitative estimate of drug-likeness (QED) is 0.892. The minimum atomic E-state index is -0.927. The van der Waals surface area contributed by atoms with E-state index in [1.165, 1.54) is 30.6 Å². The van der Waals surface area contributed by atoms with Gasteiger partial charge in [0.2, 0.25) is 5.01 Å². The van der Waals surface area contributed by atoms with Crippen LogP contribution in [0.15, 0.2) is 5.38 Å². The van der Waals surface area contributed by atoms with Gasteiger partial charge < -0.3 is 5.11 Å². The largest absolute Gasteiger partial charge is 0.476 e. The van der Waals surface area contributed by atoms with Crippen molar-refractivity contribution in [3.63, 3.8) is 0 Å². The van der Waals surface area contributed by atoms with E-state index >= 15 is 0 Å². The second-order valence-corrected chi connectivity index (χ2v) is 5.98. The van der Waals surface area contributed by atoms with Crippen molar-refractivity contribution in [3.05, 3.63) is 16.1 Å². The Kier molecular flexibility index (Phi) is 4.02. The molecule has 1 aliphatic rings. The number of hydrogen-bond acceptors (Lipinski definition) is 4. The van der Waals surface area contributed by atoms with Gasteiger partial charge in [0.1, 0.15) is 0 Å². The summed E-state index contributed by atoms with van der Waals surface area (Å²) in [6.45, 7) is 7.52. The molecule has 0 saturated carbocycles. The minimum absolute atomic E-state index is 0.196. The van der Waals surface area contributed by atoms with Crippen LogP contribution in [0.3, 0.4) is 0 Å². The van der Waals surface area contributed by atoms with Crippen molar-refractivity contribution in [2.75, 3.05) is 13.1 Å². The Hall–Kier alpha value is -0.940. The lowest BCUT2D eigenvalue weighted by Crippen LogP contribution is -2.26. The number of nitrogens with zero attached hydrogens (tertiary/aromatic N) is 2. The lowest BCUT2D eigenvalue weighted by atomic mass is 9.82. The van der Waals surface area contributed by atoms with E-state index in [-0.39, 0.29) is 5.01 Å². The third-order valence-corrected chi connectivity index (χ3v) is 5.02. The van der Waals surface area contributed by atoms with Gasteiger partial charge in [-0.1, -0.05) is 13.8 Å². The highest BCUT2D eigenvalue weighted by Crippen LogP contribution is 2.37. The molecule has 0 unspecified atom stereocenters. The Morgan fingerprint density at radius 3 is 2.78 bits per heavy atom. The van der Waals surface area contributed by atoms with E-state index in [1.807, 2.05) is 5.38 Å². The van der Waals surface area contributed by atoms with Crippen LogP contribution in [-0.4, -0.2) is 34.0 Å². The fourth-order valence-electron chi connectivity index (χ4n) is 2.70. The molecule has 2 heterocycles. The van der Waals surface area contributed by atoms with E-state index in [0.29, 0.717) is 5.41 Å². The van der Waals surface area contributed by atoms with Gasteiger partial charge in [0.15, 0.2) is 0 Å². The van der Waals surface area contributed by atoms with Gasteiger partial charge in [-0.15, -0.1) is 11.3 Å². The first-order valence-electron chi connectivity index (χ1n) is 6.48. The highest BCUT2D eigenvalue weighted by molar-refractivity contribution is 7.11. The zero-order valence-electron chi connectivity index (χ0n) is 11.0. The Balaban J connectivity index is 1.96. The van der Waals surface area contributed by atoms with Gasteiger partial charge in [0.25, 0.3) is 0 Å². The van der Waals surface area contributed by atoms with Crippen LogP contribution in [0, 0.1) is 5.41 Å². The average molecular weight is 268 g/mol. The number of carboxylic acids is 1. The van der Waals surface area contributed by atoms with E-state index in [2.05, 4.69) is 23.7 Å². The first-order chi connectivity index (χ1) is 8.58. The van der Waals surface area contributed by atoms with Gasteiger partial charge >= 0.3 is 5.97 Å². The molecule has 0 aromatic carbocycles. The van der Waals surface area contributed by atoms with Crippen molar-refractivity contribution in [1.82, 2.24) is 9.88 Å². The van der Waals surface area contributed by atoms with Crippen molar-refractivity contribution in [2.45, 2.75) is 39.7 Å². The van der Waals surface area contributed by atoms with E-state index in [4.69, 9.17) is 5.11 Å². The van der Waals surface area contributed by atoms with Crippen LogP contribution in [0.25, 0.3) is 0 Å². The van der Waals surface area contributed by atoms with Gasteiger partial charge in [-0.2, -0.15) is 0 Å². The minimum Gasteiger partial charge on any atom is -0.476 e. The van der Waals surface area contributed by atoms with Crippen LogP contribution in [0.2, 0.25) is 0 Å². The molecule has 1 aromatic heterocycles. The molecule has 0 radical (unpaired) electrons. The molecule has 2 rings (SSSR count). The molecule has 1 saturated heterocycles. The maximum atomic E-state index is 10.8. The van der Waals surface area contributed by atoms with E-state index in [1.54, 1.807) is 0 Å². The van der Waals surface area contributed by atoms with Crippen LogP contribution < -0.4 is 0 Å². The molecule has 1 fully saturated rings. The van der Waals surface area contributed by atoms with Crippen molar-refractivity contribution in [1.29, 1.82) is 0 Å². The van der Waals surface area contributed by atoms with Crippen LogP contribution in [0.1, 0.15) is 48.6 Å². The maximum Gasteiger partial charge on any atom is 0.365 e. The van der Waals surface area contributed by atoms with Gasteiger partial charge in [-0.25, -0.2) is 9.78 Å². The molecule has 0 atom stereocenters. The lowest BCUT2D eigenvalue weighted by molar-refractivity contribution is 0.0696. The second-order valence-electron chi connectivity index (χ2n) is 5.12. The maximum absolute atomic E-state index is 10.8. The number of thiazole rings is 1.